The van der Waals surface area contributed by atoms with Gasteiger partial charge in [-0.25, -0.2) is 4.79 Å². The fraction of sp³-hybridized carbons (Fsp3) is 0.111. The van der Waals surface area contributed by atoms with Gasteiger partial charge in [-0.05, 0) is 6.92 Å². The number of pyridine rings is 1. The summed E-state index contributed by atoms with van der Waals surface area (Å²) in [6.07, 6.45) is 3.79. The minimum absolute atomic E-state index is 0.351. The average Bonchev–Trinajstić information content (AvgIpc) is 2.57. The smallest absolute Gasteiger partial charge is 0.410 e. The number of nitrogens with two attached hydrogens (primary N) is 1. The van der Waals surface area contributed by atoms with Crippen molar-refractivity contribution in [1.29, 1.82) is 0 Å². The lowest BCUT2D eigenvalue weighted by molar-refractivity contribution is 0.211. The molecule has 0 radical (unpaired) electrons. The van der Waals surface area contributed by atoms with Crippen molar-refractivity contribution < 1.29 is 13.9 Å². The Kier molecular flexibility index (Phi) is 1.85. The minimum Gasteiger partial charge on any atom is -0.471 e. The lowest BCUT2D eigenvalue weighted by Gasteiger charge is -2.04. The van der Waals surface area contributed by atoms with Crippen LogP contribution in [0.4, 0.5) is 4.79 Å². The largest absolute Gasteiger partial charge is 0.471 e. The van der Waals surface area contributed by atoms with E-state index in [9.17, 15) is 4.79 Å². The average molecular weight is 192 g/mol. The van der Waals surface area contributed by atoms with Crippen molar-refractivity contribution >= 4 is 16.9 Å². The van der Waals surface area contributed by atoms with Crippen LogP contribution < -0.4 is 10.5 Å². The van der Waals surface area contributed by atoms with E-state index < -0.39 is 6.09 Å². The van der Waals surface area contributed by atoms with Gasteiger partial charge in [0, 0.05) is 11.6 Å². The quantitative estimate of drug-likeness (QED) is 0.744. The van der Waals surface area contributed by atoms with Crippen LogP contribution in [-0.4, -0.2) is 11.1 Å². The van der Waals surface area contributed by atoms with Crippen molar-refractivity contribution in [3.63, 3.8) is 0 Å². The summed E-state index contributed by atoms with van der Waals surface area (Å²) in [6, 6.07) is 0. The molecule has 0 bridgehead atoms. The maximum absolute atomic E-state index is 10.6. The van der Waals surface area contributed by atoms with Gasteiger partial charge in [-0.2, -0.15) is 0 Å². The molecule has 2 N–H and O–H groups in total. The van der Waals surface area contributed by atoms with Gasteiger partial charge in [0.25, 0.3) is 0 Å². The Balaban J connectivity index is 2.64. The number of primary amides is 1. The van der Waals surface area contributed by atoms with E-state index in [2.05, 4.69) is 4.98 Å². The van der Waals surface area contributed by atoms with Gasteiger partial charge in [0.2, 0.25) is 0 Å². The molecule has 0 atom stereocenters. The fourth-order valence-electron chi connectivity index (χ4n) is 1.24. The molecule has 2 aromatic heterocycles. The third-order valence-electron chi connectivity index (χ3n) is 1.87. The lowest BCUT2D eigenvalue weighted by Crippen LogP contribution is -2.17. The van der Waals surface area contributed by atoms with Crippen molar-refractivity contribution in [2.75, 3.05) is 0 Å². The SMILES string of the molecule is Cc1ncc2cocc2c1OC(N)=O. The molecule has 0 saturated heterocycles. The molecule has 0 aliphatic heterocycles. The molecule has 2 heterocycles. The van der Waals surface area contributed by atoms with Gasteiger partial charge < -0.3 is 14.9 Å². The van der Waals surface area contributed by atoms with E-state index in [-0.39, 0.29) is 0 Å². The summed E-state index contributed by atoms with van der Waals surface area (Å²) in [5, 5.41) is 1.46. The highest BCUT2D eigenvalue weighted by Gasteiger charge is 2.11. The lowest BCUT2D eigenvalue weighted by atomic mass is 10.2. The molecular formula is C9H8N2O3. The number of ether oxygens (including phenoxy) is 1. The number of carbonyl (C=O) groups is 1. The molecule has 2 aromatic rings. The van der Waals surface area contributed by atoms with E-state index in [4.69, 9.17) is 14.9 Å². The topological polar surface area (TPSA) is 78.3 Å². The second-order valence-corrected chi connectivity index (χ2v) is 2.83. The second kappa shape index (κ2) is 3.02. The number of furan rings is 1. The Morgan fingerprint density at radius 2 is 2.36 bits per heavy atom. The third kappa shape index (κ3) is 1.28. The summed E-state index contributed by atoms with van der Waals surface area (Å²) < 4.78 is 9.80. The van der Waals surface area contributed by atoms with E-state index in [0.717, 1.165) is 5.39 Å². The molecule has 1 amide bonds. The van der Waals surface area contributed by atoms with Crippen LogP contribution in [0.1, 0.15) is 5.69 Å². The van der Waals surface area contributed by atoms with Gasteiger partial charge in [-0.15, -0.1) is 0 Å². The van der Waals surface area contributed by atoms with Crippen LogP contribution >= 0.6 is 0 Å². The molecule has 0 aliphatic carbocycles. The van der Waals surface area contributed by atoms with Crippen LogP contribution in [0.3, 0.4) is 0 Å². The summed E-state index contributed by atoms with van der Waals surface area (Å²) in [6.45, 7) is 1.73. The third-order valence-corrected chi connectivity index (χ3v) is 1.87. The molecule has 0 aliphatic rings. The molecule has 2 rings (SSSR count). The predicted molar refractivity (Wildman–Crippen MR) is 49.0 cm³/mol. The number of hydrogen-bond acceptors (Lipinski definition) is 4. The van der Waals surface area contributed by atoms with Crippen molar-refractivity contribution in [2.24, 2.45) is 5.73 Å². The number of amides is 1. The molecule has 0 unspecified atom stereocenters. The summed E-state index contributed by atoms with van der Waals surface area (Å²) >= 11 is 0. The fourth-order valence-corrected chi connectivity index (χ4v) is 1.24. The molecule has 0 spiro atoms. The van der Waals surface area contributed by atoms with Crippen molar-refractivity contribution in [3.8, 4) is 5.75 Å². The van der Waals surface area contributed by atoms with Gasteiger partial charge in [-0.3, -0.25) is 4.98 Å². The van der Waals surface area contributed by atoms with E-state index in [1.807, 2.05) is 0 Å². The van der Waals surface area contributed by atoms with E-state index in [1.165, 1.54) is 12.5 Å². The van der Waals surface area contributed by atoms with E-state index >= 15 is 0 Å². The van der Waals surface area contributed by atoms with E-state index in [1.54, 1.807) is 13.1 Å². The number of aryl methyl sites for hydroxylation is 1. The number of fused-ring (bicyclic) bond motifs is 1. The van der Waals surface area contributed by atoms with Crippen LogP contribution in [0.2, 0.25) is 0 Å². The normalized spacial score (nSPS) is 10.4. The van der Waals surface area contributed by atoms with Gasteiger partial charge in [0.15, 0.2) is 5.75 Å². The Morgan fingerprint density at radius 3 is 3.07 bits per heavy atom. The minimum atomic E-state index is -0.858. The predicted octanol–water partition coefficient (Wildman–Crippen LogP) is 1.59. The first-order chi connectivity index (χ1) is 6.68. The van der Waals surface area contributed by atoms with Crippen molar-refractivity contribution in [1.82, 2.24) is 4.98 Å². The standard InChI is InChI=1S/C9H8N2O3/c1-5-8(14-9(10)12)7-4-13-3-6(7)2-11-5/h2-4H,1H3,(H2,10,12). The van der Waals surface area contributed by atoms with Gasteiger partial charge in [0.1, 0.15) is 6.26 Å². The number of aromatic nitrogens is 1. The highest BCUT2D eigenvalue weighted by molar-refractivity contribution is 5.89. The number of hydrogen-bond donors (Lipinski definition) is 1. The molecule has 0 aromatic carbocycles. The van der Waals surface area contributed by atoms with Gasteiger partial charge in [-0.1, -0.05) is 0 Å². The summed E-state index contributed by atoms with van der Waals surface area (Å²) in [5.41, 5.74) is 5.53. The van der Waals surface area contributed by atoms with Crippen LogP contribution in [0, 0.1) is 6.92 Å². The van der Waals surface area contributed by atoms with Crippen molar-refractivity contribution in [2.45, 2.75) is 6.92 Å². The molecule has 0 fully saturated rings. The van der Waals surface area contributed by atoms with E-state index in [0.29, 0.717) is 16.8 Å². The van der Waals surface area contributed by atoms with Crippen LogP contribution in [0.5, 0.6) is 5.75 Å². The van der Waals surface area contributed by atoms with Crippen LogP contribution in [0.15, 0.2) is 23.1 Å². The van der Waals surface area contributed by atoms with Gasteiger partial charge >= 0.3 is 6.09 Å². The summed E-state index contributed by atoms with van der Waals surface area (Å²) in [7, 11) is 0. The monoisotopic (exact) mass is 192 g/mol. The zero-order valence-corrected chi connectivity index (χ0v) is 7.48. The first-order valence-corrected chi connectivity index (χ1v) is 3.97. The van der Waals surface area contributed by atoms with Crippen LogP contribution in [0.25, 0.3) is 10.8 Å². The molecule has 72 valence electrons. The molecule has 5 nitrogen and oxygen atoms in total. The first kappa shape index (κ1) is 8.55. The van der Waals surface area contributed by atoms with Crippen LogP contribution in [-0.2, 0) is 0 Å². The first-order valence-electron chi connectivity index (χ1n) is 3.97. The number of carbonyl (C=O) groups excluding carboxylic acids is 1. The Labute approximate surface area is 79.5 Å². The Bertz CT molecular complexity index is 490. The van der Waals surface area contributed by atoms with Crippen molar-refractivity contribution in [3.05, 3.63) is 24.4 Å². The maximum atomic E-state index is 10.6. The Morgan fingerprint density at radius 1 is 1.57 bits per heavy atom. The second-order valence-electron chi connectivity index (χ2n) is 2.83. The highest BCUT2D eigenvalue weighted by Crippen LogP contribution is 2.28. The summed E-state index contributed by atoms with van der Waals surface area (Å²) in [4.78, 5) is 14.7. The zero-order valence-electron chi connectivity index (χ0n) is 7.48. The number of rotatable bonds is 1. The zero-order chi connectivity index (χ0) is 10.1. The molecule has 0 saturated carbocycles. The highest BCUT2D eigenvalue weighted by atomic mass is 16.5. The number of nitrogens with zero attached hydrogens (tertiary/aromatic N) is 1. The molecule has 14 heavy (non-hydrogen) atoms. The Hall–Kier alpha value is -2.04. The maximum Gasteiger partial charge on any atom is 0.410 e. The van der Waals surface area contributed by atoms with Gasteiger partial charge in [0.05, 0.1) is 17.3 Å². The molecular weight excluding hydrogens is 184 g/mol. The molecule has 5 heteroatoms. The summed E-state index contributed by atoms with van der Waals surface area (Å²) in [5.74, 6) is 0.351.